The third kappa shape index (κ3) is 5.47. The van der Waals surface area contributed by atoms with Crippen LogP contribution in [0.3, 0.4) is 0 Å². The molecule has 0 amide bonds. The Morgan fingerprint density at radius 1 is 1.24 bits per heavy atom. The van der Waals surface area contributed by atoms with Crippen molar-refractivity contribution in [1.29, 1.82) is 0 Å². The monoisotopic (exact) mass is 238 g/mol. The van der Waals surface area contributed by atoms with E-state index >= 15 is 0 Å². The van der Waals surface area contributed by atoms with Crippen LogP contribution in [-0.4, -0.2) is 36.5 Å². The molecule has 1 aromatic rings. The number of ether oxygens (including phenoxy) is 2. The molecule has 1 rings (SSSR count). The van der Waals surface area contributed by atoms with E-state index in [1.165, 1.54) is 0 Å². The number of rotatable bonds is 6. The molecule has 0 saturated carbocycles. The molecule has 0 aliphatic rings. The van der Waals surface area contributed by atoms with Crippen LogP contribution in [0, 0.1) is 0 Å². The number of hydrogen-bond acceptors (Lipinski definition) is 4. The highest BCUT2D eigenvalue weighted by Gasteiger charge is 2.11. The largest absolute Gasteiger partial charge is 0.457 e. The van der Waals surface area contributed by atoms with E-state index in [1.54, 1.807) is 38.1 Å². The van der Waals surface area contributed by atoms with Crippen LogP contribution in [0.1, 0.15) is 24.2 Å². The lowest BCUT2D eigenvalue weighted by Gasteiger charge is -2.14. The average molecular weight is 238 g/mol. The Morgan fingerprint density at radius 2 is 1.88 bits per heavy atom. The molecule has 0 aliphatic carbocycles. The first kappa shape index (κ1) is 13.7. The minimum absolute atomic E-state index is 0.243. The van der Waals surface area contributed by atoms with Gasteiger partial charge in [0, 0.05) is 0 Å². The van der Waals surface area contributed by atoms with Crippen molar-refractivity contribution < 1.29 is 19.4 Å². The zero-order valence-electron chi connectivity index (χ0n) is 10.1. The lowest BCUT2D eigenvalue weighted by Crippen LogP contribution is -2.22. The third-order valence-corrected chi connectivity index (χ3v) is 2.03. The molecule has 17 heavy (non-hydrogen) atoms. The molecule has 4 heteroatoms. The number of aliphatic hydroxyl groups is 1. The van der Waals surface area contributed by atoms with Gasteiger partial charge in [-0.15, -0.1) is 0 Å². The summed E-state index contributed by atoms with van der Waals surface area (Å²) >= 11 is 0. The van der Waals surface area contributed by atoms with Gasteiger partial charge in [0.25, 0.3) is 0 Å². The first-order valence-electron chi connectivity index (χ1n) is 5.61. The second-order valence-corrected chi connectivity index (χ2v) is 3.97. The van der Waals surface area contributed by atoms with Gasteiger partial charge in [0.2, 0.25) is 0 Å². The molecule has 1 aromatic carbocycles. The highest BCUT2D eigenvalue weighted by atomic mass is 16.6. The van der Waals surface area contributed by atoms with Gasteiger partial charge in [0.05, 0.1) is 24.9 Å². The summed E-state index contributed by atoms with van der Waals surface area (Å²) in [5.41, 5.74) is 0.523. The first-order chi connectivity index (χ1) is 8.09. The van der Waals surface area contributed by atoms with Gasteiger partial charge in [-0.3, -0.25) is 0 Å². The molecule has 2 atom stereocenters. The van der Waals surface area contributed by atoms with Gasteiger partial charge in [-0.2, -0.15) is 0 Å². The van der Waals surface area contributed by atoms with E-state index in [9.17, 15) is 4.79 Å². The lowest BCUT2D eigenvalue weighted by molar-refractivity contribution is -0.0161. The molecule has 0 aromatic heterocycles. The third-order valence-electron chi connectivity index (χ3n) is 2.03. The average Bonchev–Trinajstić information content (AvgIpc) is 2.29. The predicted molar refractivity (Wildman–Crippen MR) is 63.8 cm³/mol. The van der Waals surface area contributed by atoms with Crippen molar-refractivity contribution in [2.24, 2.45) is 0 Å². The molecule has 0 saturated heterocycles. The highest BCUT2D eigenvalue weighted by Crippen LogP contribution is 2.04. The van der Waals surface area contributed by atoms with Crippen LogP contribution in [0.15, 0.2) is 30.3 Å². The van der Waals surface area contributed by atoms with Crippen LogP contribution in [0.2, 0.25) is 0 Å². The topological polar surface area (TPSA) is 55.8 Å². The molecule has 2 unspecified atom stereocenters. The van der Waals surface area contributed by atoms with E-state index in [2.05, 4.69) is 0 Å². The Bertz CT molecular complexity index is 335. The van der Waals surface area contributed by atoms with Gasteiger partial charge in [-0.1, -0.05) is 18.2 Å². The molecule has 4 nitrogen and oxygen atoms in total. The van der Waals surface area contributed by atoms with Crippen molar-refractivity contribution in [1.82, 2.24) is 0 Å². The van der Waals surface area contributed by atoms with E-state index < -0.39 is 6.10 Å². The van der Waals surface area contributed by atoms with Gasteiger partial charge in [0.15, 0.2) is 0 Å². The van der Waals surface area contributed by atoms with E-state index in [-0.39, 0.29) is 25.3 Å². The van der Waals surface area contributed by atoms with E-state index in [1.807, 2.05) is 6.07 Å². The molecular formula is C13H18O4. The van der Waals surface area contributed by atoms with Crippen molar-refractivity contribution in [2.45, 2.75) is 26.1 Å². The normalized spacial score (nSPS) is 14.1. The molecule has 0 aliphatic heterocycles. The summed E-state index contributed by atoms with van der Waals surface area (Å²) in [6.07, 6.45) is -0.839. The number of hydrogen-bond donors (Lipinski definition) is 1. The maximum absolute atomic E-state index is 11.6. The summed E-state index contributed by atoms with van der Waals surface area (Å²) in [5.74, 6) is -0.362. The summed E-state index contributed by atoms with van der Waals surface area (Å²) in [4.78, 5) is 11.6. The number of carbonyl (C=O) groups excluding carboxylic acids is 1. The van der Waals surface area contributed by atoms with Crippen molar-refractivity contribution in [3.8, 4) is 0 Å². The molecule has 94 valence electrons. The Kier molecular flexibility index (Phi) is 5.66. The van der Waals surface area contributed by atoms with Crippen molar-refractivity contribution in [3.63, 3.8) is 0 Å². The standard InChI is InChI=1S/C13H18O4/c1-10(14)8-16-9-11(2)17-13(15)12-6-4-3-5-7-12/h3-7,10-11,14H,8-9H2,1-2H3. The second kappa shape index (κ2) is 7.04. The summed E-state index contributed by atoms with van der Waals surface area (Å²) in [7, 11) is 0. The first-order valence-corrected chi connectivity index (χ1v) is 5.61. The summed E-state index contributed by atoms with van der Waals surface area (Å²) < 4.78 is 10.3. The number of aliphatic hydroxyl groups excluding tert-OH is 1. The van der Waals surface area contributed by atoms with E-state index in [4.69, 9.17) is 14.6 Å². The Hall–Kier alpha value is -1.39. The SMILES string of the molecule is CC(O)COCC(C)OC(=O)c1ccccc1. The molecule has 0 fully saturated rings. The number of esters is 1. The Labute approximate surface area is 101 Å². The molecule has 1 N–H and O–H groups in total. The fourth-order valence-electron chi connectivity index (χ4n) is 1.26. The Morgan fingerprint density at radius 3 is 2.47 bits per heavy atom. The zero-order valence-corrected chi connectivity index (χ0v) is 10.1. The summed E-state index contributed by atoms with van der Waals surface area (Å²) in [6, 6.07) is 8.81. The summed E-state index contributed by atoms with van der Waals surface area (Å²) in [5, 5.41) is 8.99. The fourth-order valence-corrected chi connectivity index (χ4v) is 1.26. The fraction of sp³-hybridized carbons (Fsp3) is 0.462. The van der Waals surface area contributed by atoms with Gasteiger partial charge >= 0.3 is 5.97 Å². The highest BCUT2D eigenvalue weighted by molar-refractivity contribution is 5.89. The minimum Gasteiger partial charge on any atom is -0.457 e. The summed E-state index contributed by atoms with van der Waals surface area (Å²) in [6.45, 7) is 3.92. The van der Waals surface area contributed by atoms with Gasteiger partial charge in [-0.05, 0) is 26.0 Å². The Balaban J connectivity index is 2.31. The van der Waals surface area contributed by atoms with Gasteiger partial charge < -0.3 is 14.6 Å². The van der Waals surface area contributed by atoms with E-state index in [0.29, 0.717) is 5.56 Å². The van der Waals surface area contributed by atoms with Gasteiger partial charge in [-0.25, -0.2) is 4.79 Å². The van der Waals surface area contributed by atoms with Crippen molar-refractivity contribution in [2.75, 3.05) is 13.2 Å². The van der Waals surface area contributed by atoms with Crippen molar-refractivity contribution in [3.05, 3.63) is 35.9 Å². The van der Waals surface area contributed by atoms with Crippen LogP contribution in [0.5, 0.6) is 0 Å². The molecular weight excluding hydrogens is 220 g/mol. The van der Waals surface area contributed by atoms with Crippen LogP contribution in [0.4, 0.5) is 0 Å². The predicted octanol–water partition coefficient (Wildman–Crippen LogP) is 1.63. The molecule has 0 heterocycles. The number of carbonyl (C=O) groups is 1. The second-order valence-electron chi connectivity index (χ2n) is 3.97. The quantitative estimate of drug-likeness (QED) is 0.765. The molecule has 0 spiro atoms. The molecule has 0 bridgehead atoms. The maximum Gasteiger partial charge on any atom is 0.338 e. The minimum atomic E-state index is -0.507. The zero-order chi connectivity index (χ0) is 12.7. The van der Waals surface area contributed by atoms with Crippen LogP contribution in [-0.2, 0) is 9.47 Å². The lowest BCUT2D eigenvalue weighted by atomic mass is 10.2. The van der Waals surface area contributed by atoms with Crippen LogP contribution < -0.4 is 0 Å². The van der Waals surface area contributed by atoms with E-state index in [0.717, 1.165) is 0 Å². The van der Waals surface area contributed by atoms with Gasteiger partial charge in [0.1, 0.15) is 6.10 Å². The molecule has 0 radical (unpaired) electrons. The van der Waals surface area contributed by atoms with Crippen LogP contribution in [0.25, 0.3) is 0 Å². The number of benzene rings is 1. The maximum atomic E-state index is 11.6. The van der Waals surface area contributed by atoms with Crippen LogP contribution >= 0.6 is 0 Å². The smallest absolute Gasteiger partial charge is 0.338 e. The van der Waals surface area contributed by atoms with Crippen molar-refractivity contribution >= 4 is 5.97 Å².